The molecule has 2 N–H and O–H groups in total. The van der Waals surface area contributed by atoms with Crippen LogP contribution in [-0.2, 0) is 23.9 Å². The predicted molar refractivity (Wildman–Crippen MR) is 254 cm³/mol. The molecule has 0 radical (unpaired) electrons. The third kappa shape index (κ3) is 32.7. The minimum Gasteiger partial charge on any atom is -0.462 e. The van der Waals surface area contributed by atoms with Gasteiger partial charge in [0.2, 0.25) is 0 Å². The largest absolute Gasteiger partial charge is 0.462 e. The number of hydrogen-bond acceptors (Lipinski definition) is 8. The highest BCUT2D eigenvalue weighted by atomic mass is 16.5. The van der Waals surface area contributed by atoms with Gasteiger partial charge >= 0.3 is 11.9 Å². The number of rotatable bonds is 45. The molecule has 0 aromatic rings. The molecule has 0 saturated carbocycles. The van der Waals surface area contributed by atoms with Crippen molar-refractivity contribution in [3.05, 3.63) is 11.3 Å². The second-order valence-electron chi connectivity index (χ2n) is 18.1. The summed E-state index contributed by atoms with van der Waals surface area (Å²) in [5, 5.41) is 15.4. The van der Waals surface area contributed by atoms with Crippen molar-refractivity contribution < 1.29 is 23.9 Å². The van der Waals surface area contributed by atoms with Crippen molar-refractivity contribution in [2.24, 2.45) is 0 Å². The zero-order valence-corrected chi connectivity index (χ0v) is 40.4. The molecule has 0 aromatic heterocycles. The van der Waals surface area contributed by atoms with Crippen LogP contribution >= 0.6 is 0 Å². The molecule has 9 nitrogen and oxygen atoms in total. The molecule has 0 aromatic carbocycles. The van der Waals surface area contributed by atoms with E-state index in [1.807, 2.05) is 6.07 Å². The molecule has 354 valence electrons. The molecule has 0 spiro atoms. The van der Waals surface area contributed by atoms with Crippen molar-refractivity contribution in [1.82, 2.24) is 15.5 Å². The van der Waals surface area contributed by atoms with Crippen LogP contribution in [0.5, 0.6) is 0 Å². The molecule has 0 bridgehead atoms. The van der Waals surface area contributed by atoms with Crippen molar-refractivity contribution in [2.75, 3.05) is 32.7 Å². The van der Waals surface area contributed by atoms with Crippen LogP contribution in [-0.4, -0.2) is 67.7 Å². The lowest BCUT2D eigenvalue weighted by Gasteiger charge is -2.22. The highest BCUT2D eigenvalue weighted by molar-refractivity contribution is 6.00. The summed E-state index contributed by atoms with van der Waals surface area (Å²) in [6.07, 6.45) is 39.7. The lowest BCUT2D eigenvalue weighted by molar-refractivity contribution is -0.150. The van der Waals surface area contributed by atoms with Gasteiger partial charge in [0.15, 0.2) is 0 Å². The molecule has 1 unspecified atom stereocenters. The maximum atomic E-state index is 12.9. The zero-order valence-electron chi connectivity index (χ0n) is 40.4. The first-order chi connectivity index (χ1) is 29.9. The molecule has 1 heterocycles. The Morgan fingerprint density at radius 2 is 0.967 bits per heavy atom. The van der Waals surface area contributed by atoms with E-state index < -0.39 is 0 Å². The molecule has 1 rings (SSSR count). The molecule has 0 aliphatic carbocycles. The van der Waals surface area contributed by atoms with Crippen molar-refractivity contribution in [1.29, 1.82) is 5.26 Å². The maximum absolute atomic E-state index is 12.9. The van der Waals surface area contributed by atoms with E-state index in [0.717, 1.165) is 129 Å². The second-order valence-corrected chi connectivity index (χ2v) is 18.1. The fraction of sp³-hybridized carbons (Fsp3) is 0.885. The monoisotopic (exact) mass is 857 g/mol. The summed E-state index contributed by atoms with van der Waals surface area (Å²) >= 11 is 0. The molecule has 0 fully saturated rings. The summed E-state index contributed by atoms with van der Waals surface area (Å²) in [6, 6.07) is 2.03. The molecular weight excluding hydrogens is 761 g/mol. The number of unbranched alkanes of at least 4 members (excludes halogenated alkanes) is 23. The van der Waals surface area contributed by atoms with Gasteiger partial charge in [-0.3, -0.25) is 14.4 Å². The van der Waals surface area contributed by atoms with Gasteiger partial charge in [-0.2, -0.15) is 5.26 Å². The number of hydrogen-bond donors (Lipinski definition) is 2. The summed E-state index contributed by atoms with van der Waals surface area (Å²) in [4.78, 5) is 39.8. The van der Waals surface area contributed by atoms with Gasteiger partial charge in [0.25, 0.3) is 5.91 Å². The number of carbonyl (C=O) groups is 3. The Labute approximate surface area is 376 Å². The minimum atomic E-state index is -0.287. The highest BCUT2D eigenvalue weighted by Crippen LogP contribution is 2.19. The fourth-order valence-corrected chi connectivity index (χ4v) is 8.45. The van der Waals surface area contributed by atoms with E-state index in [2.05, 4.69) is 43.2 Å². The van der Waals surface area contributed by atoms with Crippen LogP contribution in [0.15, 0.2) is 11.3 Å². The Hall–Kier alpha value is -2.60. The van der Waals surface area contributed by atoms with E-state index in [4.69, 9.17) is 9.47 Å². The van der Waals surface area contributed by atoms with Gasteiger partial charge in [-0.05, 0) is 96.7 Å². The number of esters is 2. The van der Waals surface area contributed by atoms with Gasteiger partial charge in [0.1, 0.15) is 23.9 Å². The summed E-state index contributed by atoms with van der Waals surface area (Å²) < 4.78 is 11.9. The Balaban J connectivity index is 2.41. The molecule has 0 saturated heterocycles. The van der Waals surface area contributed by atoms with Gasteiger partial charge in [-0.1, -0.05) is 163 Å². The van der Waals surface area contributed by atoms with Gasteiger partial charge in [0, 0.05) is 19.4 Å². The fourth-order valence-electron chi connectivity index (χ4n) is 8.45. The maximum Gasteiger partial charge on any atom is 0.306 e. The molecule has 1 aliphatic heterocycles. The van der Waals surface area contributed by atoms with Crippen molar-refractivity contribution in [3.63, 3.8) is 0 Å². The third-order valence-corrected chi connectivity index (χ3v) is 12.5. The van der Waals surface area contributed by atoms with Gasteiger partial charge in [-0.25, -0.2) is 0 Å². The molecule has 9 heteroatoms. The number of carbonyl (C=O) groups excluding carboxylic acids is 3. The van der Waals surface area contributed by atoms with Crippen LogP contribution in [0.2, 0.25) is 0 Å². The van der Waals surface area contributed by atoms with Crippen molar-refractivity contribution in [2.45, 2.75) is 265 Å². The van der Waals surface area contributed by atoms with Gasteiger partial charge < -0.3 is 25.0 Å². The number of amides is 1. The van der Waals surface area contributed by atoms with E-state index in [1.165, 1.54) is 109 Å². The lowest BCUT2D eigenvalue weighted by Crippen LogP contribution is -2.30. The van der Waals surface area contributed by atoms with Crippen molar-refractivity contribution >= 4 is 17.8 Å². The minimum absolute atomic E-state index is 0.000948. The molecule has 1 amide bonds. The molecule has 61 heavy (non-hydrogen) atoms. The number of nitrogens with zero attached hydrogens (tertiary/aromatic N) is 2. The average molecular weight is 857 g/mol. The van der Waals surface area contributed by atoms with Crippen LogP contribution in [0.3, 0.4) is 0 Å². The van der Waals surface area contributed by atoms with E-state index in [0.29, 0.717) is 25.1 Å². The van der Waals surface area contributed by atoms with E-state index in [1.54, 1.807) is 0 Å². The normalized spacial score (nSPS) is 13.2. The van der Waals surface area contributed by atoms with Crippen LogP contribution in [0.1, 0.15) is 252 Å². The van der Waals surface area contributed by atoms with Crippen LogP contribution in [0.4, 0.5) is 0 Å². The van der Waals surface area contributed by atoms with E-state index in [-0.39, 0.29) is 35.6 Å². The number of nitrogens with one attached hydrogen (secondary N) is 2. The topological polar surface area (TPSA) is 121 Å². The highest BCUT2D eigenvalue weighted by Gasteiger charge is 2.22. The molecule has 1 atom stereocenters. The Morgan fingerprint density at radius 3 is 1.43 bits per heavy atom. The second kappa shape index (κ2) is 41.4. The molecule has 1 aliphatic rings. The van der Waals surface area contributed by atoms with Crippen LogP contribution in [0.25, 0.3) is 0 Å². The smallest absolute Gasteiger partial charge is 0.306 e. The number of ether oxygens (including phenoxy) is 2. The Bertz CT molecular complexity index is 1140. The van der Waals surface area contributed by atoms with Crippen LogP contribution < -0.4 is 10.6 Å². The summed E-state index contributed by atoms with van der Waals surface area (Å²) in [7, 11) is 0. The third-order valence-electron chi connectivity index (χ3n) is 12.5. The SMILES string of the molecule is CCCCCCCCC(CC)OC(=O)CCCCCCCN(CCCCCCCC(=O)OC(CCCCCCCC)CCCCCCCC)CCCNC1=C(C#N)C(=O)NC1. The molecular formula is C52H96N4O5. The van der Waals surface area contributed by atoms with Crippen LogP contribution in [0, 0.1) is 11.3 Å². The first kappa shape index (κ1) is 56.4. The zero-order chi connectivity index (χ0) is 44.4. The summed E-state index contributed by atoms with van der Waals surface area (Å²) in [5.41, 5.74) is 0.916. The Kier molecular flexibility index (Phi) is 38.3. The standard InChI is InChI=1S/C52H96N4O5/c1-5-9-12-15-20-27-35-46(8-4)60-50(57)38-30-23-18-25-32-41-56(43-34-40-54-49-45-55-52(59)48(49)44-53)42-33-26-19-24-31-39-51(58)61-47(36-28-21-16-13-10-6-2)37-29-22-17-14-11-7-3/h46-47,54H,5-43,45H2,1-4H3,(H,55,59). The Morgan fingerprint density at radius 1 is 0.574 bits per heavy atom. The number of nitriles is 1. The summed E-state index contributed by atoms with van der Waals surface area (Å²) in [5.74, 6) is -0.314. The van der Waals surface area contributed by atoms with Gasteiger partial charge in [-0.15, -0.1) is 0 Å². The van der Waals surface area contributed by atoms with E-state index in [9.17, 15) is 19.6 Å². The summed E-state index contributed by atoms with van der Waals surface area (Å²) in [6.45, 7) is 13.1. The predicted octanol–water partition coefficient (Wildman–Crippen LogP) is 13.3. The van der Waals surface area contributed by atoms with Gasteiger partial charge in [0.05, 0.1) is 12.2 Å². The van der Waals surface area contributed by atoms with E-state index >= 15 is 0 Å². The first-order valence-corrected chi connectivity index (χ1v) is 26.1. The lowest BCUT2D eigenvalue weighted by atomic mass is 10.0. The van der Waals surface area contributed by atoms with Crippen molar-refractivity contribution in [3.8, 4) is 6.07 Å². The quantitative estimate of drug-likeness (QED) is 0.0459. The average Bonchev–Trinajstić information content (AvgIpc) is 3.62. The first-order valence-electron chi connectivity index (χ1n) is 26.1.